The maximum absolute atomic E-state index is 4.66. The fourth-order valence-corrected chi connectivity index (χ4v) is 3.54. The highest BCUT2D eigenvalue weighted by molar-refractivity contribution is 7.22. The monoisotopic (exact) mass is 366 g/mol. The summed E-state index contributed by atoms with van der Waals surface area (Å²) in [7, 11) is 1.92. The summed E-state index contributed by atoms with van der Waals surface area (Å²) in [5.41, 5.74) is 5.48. The molecule has 0 radical (unpaired) electrons. The predicted molar refractivity (Wildman–Crippen MR) is 111 cm³/mol. The number of aryl methyl sites for hydroxylation is 1. The van der Waals surface area contributed by atoms with Gasteiger partial charge in [-0.15, -0.1) is 0 Å². The Bertz CT molecular complexity index is 950. The third kappa shape index (κ3) is 4.25. The van der Waals surface area contributed by atoms with Crippen molar-refractivity contribution in [3.63, 3.8) is 0 Å². The van der Waals surface area contributed by atoms with Crippen molar-refractivity contribution in [1.82, 2.24) is 20.5 Å². The number of hydrogen-bond donors (Lipinski definition) is 3. The molecule has 3 N–H and O–H groups in total. The van der Waals surface area contributed by atoms with Gasteiger partial charge in [-0.25, -0.2) is 4.98 Å². The van der Waals surface area contributed by atoms with E-state index in [9.17, 15) is 0 Å². The minimum atomic E-state index is 0.700. The molecule has 26 heavy (non-hydrogen) atoms. The van der Waals surface area contributed by atoms with Crippen molar-refractivity contribution in [2.45, 2.75) is 6.92 Å². The van der Waals surface area contributed by atoms with Gasteiger partial charge < -0.3 is 10.6 Å². The zero-order valence-electron chi connectivity index (χ0n) is 14.9. The maximum Gasteiger partial charge on any atom is 0.184 e. The Morgan fingerprint density at radius 1 is 1.42 bits per heavy atom. The lowest BCUT2D eigenvalue weighted by Gasteiger charge is -2.02. The van der Waals surface area contributed by atoms with Crippen LogP contribution in [-0.2, 0) is 0 Å². The number of aromatic amines is 1. The van der Waals surface area contributed by atoms with E-state index in [-0.39, 0.29) is 0 Å². The zero-order chi connectivity index (χ0) is 18.4. The highest BCUT2D eigenvalue weighted by atomic mass is 32.1. The molecule has 0 amide bonds. The van der Waals surface area contributed by atoms with Crippen LogP contribution in [0.5, 0.6) is 0 Å². The molecule has 7 heteroatoms. The van der Waals surface area contributed by atoms with E-state index in [0.717, 1.165) is 44.3 Å². The van der Waals surface area contributed by atoms with Gasteiger partial charge in [0.2, 0.25) is 0 Å². The van der Waals surface area contributed by atoms with Gasteiger partial charge in [0.05, 0.1) is 16.4 Å². The van der Waals surface area contributed by atoms with E-state index in [1.54, 1.807) is 17.5 Å². The normalized spacial score (nSPS) is 12.2. The van der Waals surface area contributed by atoms with E-state index in [0.29, 0.717) is 6.54 Å². The molecule has 0 aliphatic heterocycles. The van der Waals surface area contributed by atoms with Gasteiger partial charge in [-0.05, 0) is 50.0 Å². The Balaban J connectivity index is 1.74. The molecule has 2 heterocycles. The standard InChI is InChI=1S/C19H22N6S/c1-13-16(12-23-25-13)15-4-5-17-18(10-15)26-19(24-17)22-9-7-14(11-21-3)6-8-20-2/h4-8,10,12,21H,2,9,11H2,1,3H3,(H,22,24)(H,23,25)/b8-6-,14-7+. The average Bonchev–Trinajstić information content (AvgIpc) is 3.24. The van der Waals surface area contributed by atoms with E-state index in [4.69, 9.17) is 0 Å². The molecule has 0 fully saturated rings. The van der Waals surface area contributed by atoms with Crippen LogP contribution in [0.3, 0.4) is 0 Å². The number of aliphatic imine (C=N–C) groups is 1. The van der Waals surface area contributed by atoms with Crippen LogP contribution in [0, 0.1) is 6.92 Å². The molecule has 0 aliphatic rings. The predicted octanol–water partition coefficient (Wildman–Crippen LogP) is 3.77. The first kappa shape index (κ1) is 18.0. The van der Waals surface area contributed by atoms with Gasteiger partial charge in [0.15, 0.2) is 5.13 Å². The number of nitrogens with one attached hydrogen (secondary N) is 3. The number of aromatic nitrogens is 3. The summed E-state index contributed by atoms with van der Waals surface area (Å²) in [4.78, 5) is 8.41. The number of nitrogens with zero attached hydrogens (tertiary/aromatic N) is 3. The first-order valence-corrected chi connectivity index (χ1v) is 9.13. The van der Waals surface area contributed by atoms with Gasteiger partial charge in [0.1, 0.15) is 0 Å². The Morgan fingerprint density at radius 2 is 2.31 bits per heavy atom. The van der Waals surface area contributed by atoms with Gasteiger partial charge in [0, 0.05) is 30.5 Å². The average molecular weight is 366 g/mol. The van der Waals surface area contributed by atoms with Crippen LogP contribution in [0.1, 0.15) is 5.69 Å². The summed E-state index contributed by atoms with van der Waals surface area (Å²) in [5.74, 6) is 0. The first-order valence-electron chi connectivity index (χ1n) is 8.32. The quantitative estimate of drug-likeness (QED) is 0.419. The molecule has 3 aromatic rings. The van der Waals surface area contributed by atoms with Gasteiger partial charge in [-0.2, -0.15) is 5.10 Å². The summed E-state index contributed by atoms with van der Waals surface area (Å²) in [6.07, 6.45) is 7.62. The SMILES string of the molecule is C=N/C=C\C(=C/CNc1nc2ccc(-c3cn[nH]c3C)cc2s1)CNC. The number of rotatable bonds is 8. The van der Waals surface area contributed by atoms with Crippen LogP contribution in [0.2, 0.25) is 0 Å². The van der Waals surface area contributed by atoms with Crippen molar-refractivity contribution < 1.29 is 0 Å². The Morgan fingerprint density at radius 3 is 3.04 bits per heavy atom. The lowest BCUT2D eigenvalue weighted by atomic mass is 10.1. The number of benzene rings is 1. The molecule has 3 rings (SSSR count). The highest BCUT2D eigenvalue weighted by Crippen LogP contribution is 2.31. The summed E-state index contributed by atoms with van der Waals surface area (Å²) in [6.45, 7) is 6.97. The molecule has 0 saturated heterocycles. The highest BCUT2D eigenvalue weighted by Gasteiger charge is 2.08. The fourth-order valence-electron chi connectivity index (χ4n) is 2.63. The van der Waals surface area contributed by atoms with Crippen LogP contribution in [0.4, 0.5) is 5.13 Å². The molecular weight excluding hydrogens is 344 g/mol. The van der Waals surface area contributed by atoms with Crippen LogP contribution in [-0.4, -0.2) is 42.0 Å². The first-order chi connectivity index (χ1) is 12.7. The number of likely N-dealkylation sites (N-methyl/N-ethyl adjacent to an activating group) is 1. The number of anilines is 1. The molecular formula is C19H22N6S. The summed E-state index contributed by atoms with van der Waals surface area (Å²) in [6, 6.07) is 6.30. The molecule has 0 saturated carbocycles. The molecule has 0 spiro atoms. The number of thiazole rings is 1. The molecule has 2 aromatic heterocycles. The molecule has 6 nitrogen and oxygen atoms in total. The minimum absolute atomic E-state index is 0.700. The lowest BCUT2D eigenvalue weighted by Crippen LogP contribution is -2.10. The van der Waals surface area contributed by atoms with Gasteiger partial charge >= 0.3 is 0 Å². The van der Waals surface area contributed by atoms with Crippen molar-refractivity contribution in [2.75, 3.05) is 25.5 Å². The van der Waals surface area contributed by atoms with E-state index in [1.165, 1.54) is 0 Å². The van der Waals surface area contributed by atoms with Crippen molar-refractivity contribution >= 4 is 33.4 Å². The topological polar surface area (TPSA) is 78.0 Å². The largest absolute Gasteiger partial charge is 0.358 e. The molecule has 0 unspecified atom stereocenters. The zero-order valence-corrected chi connectivity index (χ0v) is 15.7. The maximum atomic E-state index is 4.66. The van der Waals surface area contributed by atoms with Gasteiger partial charge in [-0.3, -0.25) is 10.1 Å². The fraction of sp³-hybridized carbons (Fsp3) is 0.211. The number of hydrogen-bond acceptors (Lipinski definition) is 6. The smallest absolute Gasteiger partial charge is 0.184 e. The Labute approximate surface area is 156 Å². The summed E-state index contributed by atoms with van der Waals surface area (Å²) in [5, 5.41) is 14.5. The lowest BCUT2D eigenvalue weighted by molar-refractivity contribution is 0.892. The third-order valence-corrected chi connectivity index (χ3v) is 4.90. The van der Waals surface area contributed by atoms with Gasteiger partial charge in [0.25, 0.3) is 0 Å². The van der Waals surface area contributed by atoms with E-state index in [1.807, 2.05) is 26.2 Å². The van der Waals surface area contributed by atoms with E-state index in [2.05, 4.69) is 61.8 Å². The number of H-pyrrole nitrogens is 1. The van der Waals surface area contributed by atoms with Gasteiger partial charge in [-0.1, -0.05) is 23.5 Å². The molecule has 1 aromatic carbocycles. The van der Waals surface area contributed by atoms with Crippen molar-refractivity contribution in [2.24, 2.45) is 4.99 Å². The van der Waals surface area contributed by atoms with Crippen LogP contribution in [0.15, 0.2) is 53.3 Å². The molecule has 0 atom stereocenters. The Hall–Kier alpha value is -2.77. The van der Waals surface area contributed by atoms with Crippen LogP contribution < -0.4 is 10.6 Å². The second kappa shape index (κ2) is 8.55. The third-order valence-electron chi connectivity index (χ3n) is 3.92. The molecule has 0 bridgehead atoms. The van der Waals surface area contributed by atoms with E-state index >= 15 is 0 Å². The van der Waals surface area contributed by atoms with Crippen molar-refractivity contribution in [1.29, 1.82) is 0 Å². The number of fused-ring (bicyclic) bond motifs is 1. The summed E-state index contributed by atoms with van der Waals surface area (Å²) < 4.78 is 1.15. The Kier molecular flexibility index (Phi) is 5.93. The van der Waals surface area contributed by atoms with Crippen molar-refractivity contribution in [3.8, 4) is 11.1 Å². The van der Waals surface area contributed by atoms with Crippen molar-refractivity contribution in [3.05, 3.63) is 54.0 Å². The minimum Gasteiger partial charge on any atom is -0.358 e. The second-order valence-electron chi connectivity index (χ2n) is 5.80. The van der Waals surface area contributed by atoms with Crippen LogP contribution in [0.25, 0.3) is 21.3 Å². The van der Waals surface area contributed by atoms with E-state index < -0.39 is 0 Å². The molecule has 0 aliphatic carbocycles. The molecule has 134 valence electrons. The van der Waals surface area contributed by atoms with Crippen LogP contribution >= 0.6 is 11.3 Å². The second-order valence-corrected chi connectivity index (χ2v) is 6.83. The summed E-state index contributed by atoms with van der Waals surface area (Å²) >= 11 is 1.65.